The molecule has 8 nitrogen and oxygen atoms in total. The summed E-state index contributed by atoms with van der Waals surface area (Å²) >= 11 is 0. The van der Waals surface area contributed by atoms with Crippen LogP contribution in [0.2, 0.25) is 0 Å². The molecule has 0 amide bonds. The number of ether oxygens (including phenoxy) is 2. The van der Waals surface area contributed by atoms with Gasteiger partial charge in [-0.05, 0) is 12.8 Å². The van der Waals surface area contributed by atoms with Crippen LogP contribution in [-0.2, 0) is 19.1 Å². The largest absolute Gasteiger partial charge is 0.479 e. The van der Waals surface area contributed by atoms with E-state index >= 15 is 0 Å². The van der Waals surface area contributed by atoms with Gasteiger partial charge in [-0.25, -0.2) is 4.79 Å². The molecule has 0 radical (unpaired) electrons. The highest BCUT2D eigenvalue weighted by Crippen LogP contribution is 2.25. The molecule has 1 aliphatic heterocycles. The lowest BCUT2D eigenvalue weighted by Crippen LogP contribution is -2.59. The number of esters is 1. The second-order valence-corrected chi connectivity index (χ2v) is 4.73. The third kappa shape index (κ3) is 4.14. The van der Waals surface area contributed by atoms with Gasteiger partial charge in [-0.2, -0.15) is 0 Å². The Balaban J connectivity index is 2.47. The second-order valence-electron chi connectivity index (χ2n) is 4.73. The van der Waals surface area contributed by atoms with E-state index in [1.54, 1.807) is 0 Å². The Bertz CT molecular complexity index is 344. The fourth-order valence-corrected chi connectivity index (χ4v) is 2.11. The number of hydrogen-bond donors (Lipinski definition) is 4. The van der Waals surface area contributed by atoms with Gasteiger partial charge in [-0.1, -0.05) is 6.42 Å². The average Bonchev–Trinajstić information content (AvgIpc) is 2.42. The molecule has 0 saturated carbocycles. The van der Waals surface area contributed by atoms with E-state index in [4.69, 9.17) is 9.84 Å². The van der Waals surface area contributed by atoms with Crippen molar-refractivity contribution in [2.45, 2.75) is 56.2 Å². The van der Waals surface area contributed by atoms with Crippen molar-refractivity contribution in [1.82, 2.24) is 0 Å². The molecule has 116 valence electrons. The molecule has 0 aromatic carbocycles. The number of carboxylic acids is 1. The van der Waals surface area contributed by atoms with Gasteiger partial charge in [0.15, 0.2) is 6.10 Å². The zero-order chi connectivity index (χ0) is 15.3. The van der Waals surface area contributed by atoms with Crippen molar-refractivity contribution in [2.75, 3.05) is 7.11 Å². The van der Waals surface area contributed by atoms with Crippen molar-refractivity contribution >= 4 is 11.9 Å². The average molecular weight is 292 g/mol. The van der Waals surface area contributed by atoms with E-state index in [0.717, 1.165) is 0 Å². The number of carbonyl (C=O) groups excluding carboxylic acids is 1. The molecule has 4 N–H and O–H groups in total. The fourth-order valence-electron chi connectivity index (χ4n) is 2.11. The first kappa shape index (κ1) is 16.8. The molecule has 0 aromatic heterocycles. The minimum absolute atomic E-state index is 0.215. The summed E-state index contributed by atoms with van der Waals surface area (Å²) in [4.78, 5) is 21.8. The number of aliphatic carboxylic acids is 1. The maximum atomic E-state index is 10.9. The summed E-state index contributed by atoms with van der Waals surface area (Å²) in [5.74, 6) is -1.75. The van der Waals surface area contributed by atoms with Crippen molar-refractivity contribution in [1.29, 1.82) is 0 Å². The number of rotatable bonds is 6. The predicted molar refractivity (Wildman–Crippen MR) is 64.8 cm³/mol. The normalized spacial score (nSPS) is 33.7. The van der Waals surface area contributed by atoms with Crippen LogP contribution in [0.15, 0.2) is 0 Å². The second kappa shape index (κ2) is 7.53. The molecule has 5 atom stereocenters. The number of methoxy groups -OCH3 is 1. The Morgan fingerprint density at radius 1 is 1.10 bits per heavy atom. The molecule has 1 fully saturated rings. The summed E-state index contributed by atoms with van der Waals surface area (Å²) in [6.07, 6.45) is -5.60. The summed E-state index contributed by atoms with van der Waals surface area (Å²) < 4.78 is 9.57. The zero-order valence-electron chi connectivity index (χ0n) is 11.1. The third-order valence-electron chi connectivity index (χ3n) is 3.30. The number of hydrogen-bond acceptors (Lipinski definition) is 7. The maximum Gasteiger partial charge on any atom is 0.335 e. The molecule has 1 rings (SSSR count). The van der Waals surface area contributed by atoms with E-state index in [0.29, 0.717) is 12.8 Å². The van der Waals surface area contributed by atoms with Crippen LogP contribution in [0.25, 0.3) is 0 Å². The molecule has 0 aromatic rings. The Morgan fingerprint density at radius 3 is 2.30 bits per heavy atom. The lowest BCUT2D eigenvalue weighted by molar-refractivity contribution is -0.228. The van der Waals surface area contributed by atoms with Crippen LogP contribution in [0.3, 0.4) is 0 Å². The standard InChI is InChI=1S/C12H20O8/c1-19-7(13)5-3-2-4-6-8(14)9(15)10(16)11(20-6)12(17)18/h6,8-11,14-16H,2-5H2,1H3,(H,17,18). The number of aliphatic hydroxyl groups excluding tert-OH is 3. The molecule has 0 bridgehead atoms. The molecular weight excluding hydrogens is 272 g/mol. The first-order valence-electron chi connectivity index (χ1n) is 6.37. The first-order chi connectivity index (χ1) is 9.38. The summed E-state index contributed by atoms with van der Waals surface area (Å²) in [7, 11) is 1.28. The van der Waals surface area contributed by atoms with Gasteiger partial charge in [0.2, 0.25) is 0 Å². The van der Waals surface area contributed by atoms with Gasteiger partial charge in [0.25, 0.3) is 0 Å². The van der Waals surface area contributed by atoms with Crippen LogP contribution in [-0.4, -0.2) is 70.0 Å². The zero-order valence-corrected chi connectivity index (χ0v) is 11.1. The van der Waals surface area contributed by atoms with E-state index < -0.39 is 36.5 Å². The molecule has 1 aliphatic rings. The van der Waals surface area contributed by atoms with Gasteiger partial charge in [-0.3, -0.25) is 4.79 Å². The highest BCUT2D eigenvalue weighted by atomic mass is 16.6. The van der Waals surface area contributed by atoms with Crippen molar-refractivity contribution < 1.29 is 39.5 Å². The van der Waals surface area contributed by atoms with Crippen LogP contribution in [0, 0.1) is 0 Å². The summed E-state index contributed by atoms with van der Waals surface area (Å²) in [5, 5.41) is 37.7. The Kier molecular flexibility index (Phi) is 6.34. The highest BCUT2D eigenvalue weighted by Gasteiger charge is 2.46. The minimum Gasteiger partial charge on any atom is -0.479 e. The lowest BCUT2D eigenvalue weighted by atomic mass is 9.92. The van der Waals surface area contributed by atoms with Gasteiger partial charge in [0.05, 0.1) is 13.2 Å². The molecule has 5 unspecified atom stereocenters. The molecule has 0 spiro atoms. The van der Waals surface area contributed by atoms with E-state index in [1.807, 2.05) is 0 Å². The number of carboxylic acid groups (broad SMARTS) is 1. The Labute approximate surface area is 115 Å². The van der Waals surface area contributed by atoms with E-state index in [2.05, 4.69) is 4.74 Å². The monoisotopic (exact) mass is 292 g/mol. The molecule has 20 heavy (non-hydrogen) atoms. The van der Waals surface area contributed by atoms with Crippen LogP contribution in [0.4, 0.5) is 0 Å². The summed E-state index contributed by atoms with van der Waals surface area (Å²) in [6, 6.07) is 0. The van der Waals surface area contributed by atoms with Gasteiger partial charge < -0.3 is 29.9 Å². The smallest absolute Gasteiger partial charge is 0.335 e. The molecule has 8 heteroatoms. The Hall–Kier alpha value is -1.22. The fraction of sp³-hybridized carbons (Fsp3) is 0.833. The van der Waals surface area contributed by atoms with Crippen LogP contribution in [0.5, 0.6) is 0 Å². The van der Waals surface area contributed by atoms with Gasteiger partial charge >= 0.3 is 11.9 Å². The molecule has 1 saturated heterocycles. The summed E-state index contributed by atoms with van der Waals surface area (Å²) in [5.41, 5.74) is 0. The summed E-state index contributed by atoms with van der Waals surface area (Å²) in [6.45, 7) is 0. The van der Waals surface area contributed by atoms with Gasteiger partial charge in [0.1, 0.15) is 18.3 Å². The number of aliphatic hydroxyl groups is 3. The topological polar surface area (TPSA) is 134 Å². The number of carbonyl (C=O) groups is 2. The van der Waals surface area contributed by atoms with E-state index in [9.17, 15) is 24.9 Å². The predicted octanol–water partition coefficient (Wildman–Crippen LogP) is -1.35. The third-order valence-corrected chi connectivity index (χ3v) is 3.30. The van der Waals surface area contributed by atoms with Gasteiger partial charge in [0, 0.05) is 6.42 Å². The Morgan fingerprint density at radius 2 is 1.75 bits per heavy atom. The lowest BCUT2D eigenvalue weighted by Gasteiger charge is -2.39. The number of unbranched alkanes of at least 4 members (excludes halogenated alkanes) is 1. The van der Waals surface area contributed by atoms with Crippen molar-refractivity contribution in [3.05, 3.63) is 0 Å². The van der Waals surface area contributed by atoms with Crippen molar-refractivity contribution in [2.24, 2.45) is 0 Å². The minimum atomic E-state index is -1.67. The van der Waals surface area contributed by atoms with Crippen LogP contribution in [0.1, 0.15) is 25.7 Å². The first-order valence-corrected chi connectivity index (χ1v) is 6.37. The van der Waals surface area contributed by atoms with Crippen LogP contribution >= 0.6 is 0 Å². The van der Waals surface area contributed by atoms with Crippen molar-refractivity contribution in [3.63, 3.8) is 0 Å². The molecular formula is C12H20O8. The quantitative estimate of drug-likeness (QED) is 0.349. The van der Waals surface area contributed by atoms with Crippen LogP contribution < -0.4 is 0 Å². The molecule has 0 aliphatic carbocycles. The van der Waals surface area contributed by atoms with Gasteiger partial charge in [-0.15, -0.1) is 0 Å². The maximum absolute atomic E-state index is 10.9. The highest BCUT2D eigenvalue weighted by molar-refractivity contribution is 5.73. The molecule has 1 heterocycles. The van der Waals surface area contributed by atoms with Crippen molar-refractivity contribution in [3.8, 4) is 0 Å². The van der Waals surface area contributed by atoms with E-state index in [1.165, 1.54) is 7.11 Å². The van der Waals surface area contributed by atoms with E-state index in [-0.39, 0.29) is 18.8 Å². The SMILES string of the molecule is COC(=O)CCCCC1OC(C(=O)O)C(O)C(O)C1O.